The SMILES string of the molecule is CCC[C@H](CC(=O)OC(C)(C)C)C(=O)[O-]. The maximum absolute atomic E-state index is 11.3. The summed E-state index contributed by atoms with van der Waals surface area (Å²) < 4.78 is 5.03. The number of carbonyl (C=O) groups excluding carboxylic acids is 2. The van der Waals surface area contributed by atoms with E-state index < -0.39 is 23.5 Å². The molecule has 0 aliphatic rings. The Morgan fingerprint density at radius 3 is 2.20 bits per heavy atom. The molecule has 0 radical (unpaired) electrons. The molecular weight excluding hydrogens is 196 g/mol. The molecule has 0 N–H and O–H groups in total. The van der Waals surface area contributed by atoms with Gasteiger partial charge >= 0.3 is 5.97 Å². The number of hydrogen-bond donors (Lipinski definition) is 0. The van der Waals surface area contributed by atoms with Gasteiger partial charge in [0.15, 0.2) is 0 Å². The van der Waals surface area contributed by atoms with Crippen LogP contribution in [0.4, 0.5) is 0 Å². The first kappa shape index (κ1) is 13.9. The second-order valence-corrected chi connectivity index (χ2v) is 4.60. The molecule has 0 rings (SSSR count). The summed E-state index contributed by atoms with van der Waals surface area (Å²) in [4.78, 5) is 22.0. The fourth-order valence-electron chi connectivity index (χ4n) is 1.24. The molecule has 0 bridgehead atoms. The lowest BCUT2D eigenvalue weighted by Crippen LogP contribution is -2.34. The number of carboxylic acids is 1. The largest absolute Gasteiger partial charge is 0.550 e. The van der Waals surface area contributed by atoms with E-state index in [0.29, 0.717) is 12.8 Å². The minimum Gasteiger partial charge on any atom is -0.550 e. The molecule has 0 aromatic carbocycles. The van der Waals surface area contributed by atoms with Gasteiger partial charge in [0.05, 0.1) is 6.42 Å². The minimum atomic E-state index is -1.18. The van der Waals surface area contributed by atoms with Crippen molar-refractivity contribution in [3.05, 3.63) is 0 Å². The Morgan fingerprint density at radius 2 is 1.87 bits per heavy atom. The lowest BCUT2D eigenvalue weighted by molar-refractivity contribution is -0.312. The molecule has 0 amide bonds. The first-order valence-electron chi connectivity index (χ1n) is 5.19. The number of carbonyl (C=O) groups is 2. The van der Waals surface area contributed by atoms with E-state index in [1.807, 2.05) is 6.92 Å². The lowest BCUT2D eigenvalue weighted by Gasteiger charge is -2.22. The van der Waals surface area contributed by atoms with E-state index in [1.165, 1.54) is 0 Å². The van der Waals surface area contributed by atoms with E-state index in [2.05, 4.69) is 0 Å². The topological polar surface area (TPSA) is 66.4 Å². The number of ether oxygens (including phenoxy) is 1. The third-order valence-corrected chi connectivity index (χ3v) is 1.80. The molecule has 0 saturated carbocycles. The number of esters is 1. The van der Waals surface area contributed by atoms with Gasteiger partial charge in [-0.3, -0.25) is 4.79 Å². The van der Waals surface area contributed by atoms with E-state index in [0.717, 1.165) is 0 Å². The van der Waals surface area contributed by atoms with Crippen molar-refractivity contribution < 1.29 is 19.4 Å². The predicted octanol–water partition coefficient (Wildman–Crippen LogP) is 0.884. The first-order chi connectivity index (χ1) is 6.76. The summed E-state index contributed by atoms with van der Waals surface area (Å²) in [6, 6.07) is 0. The van der Waals surface area contributed by atoms with Gasteiger partial charge in [-0.15, -0.1) is 0 Å². The molecule has 0 saturated heterocycles. The van der Waals surface area contributed by atoms with E-state index in [4.69, 9.17) is 4.74 Å². The van der Waals surface area contributed by atoms with Gasteiger partial charge in [0.25, 0.3) is 0 Å². The normalized spacial score (nSPS) is 13.3. The fraction of sp³-hybridized carbons (Fsp3) is 0.818. The monoisotopic (exact) mass is 215 g/mol. The van der Waals surface area contributed by atoms with Crippen LogP contribution in [-0.2, 0) is 14.3 Å². The van der Waals surface area contributed by atoms with Crippen molar-refractivity contribution in [2.45, 2.75) is 52.6 Å². The molecule has 0 aromatic heterocycles. The van der Waals surface area contributed by atoms with Gasteiger partial charge in [0, 0.05) is 11.9 Å². The fourth-order valence-corrected chi connectivity index (χ4v) is 1.24. The smallest absolute Gasteiger partial charge is 0.306 e. The number of rotatable bonds is 5. The maximum atomic E-state index is 11.3. The van der Waals surface area contributed by atoms with Crippen molar-refractivity contribution >= 4 is 11.9 Å². The second-order valence-electron chi connectivity index (χ2n) is 4.60. The van der Waals surface area contributed by atoms with Crippen molar-refractivity contribution in [3.63, 3.8) is 0 Å². The highest BCUT2D eigenvalue weighted by Crippen LogP contribution is 2.15. The van der Waals surface area contributed by atoms with Gasteiger partial charge < -0.3 is 14.6 Å². The molecule has 0 unspecified atom stereocenters. The summed E-state index contributed by atoms with van der Waals surface area (Å²) in [5, 5.41) is 10.7. The van der Waals surface area contributed by atoms with Gasteiger partial charge in [-0.25, -0.2) is 0 Å². The van der Waals surface area contributed by atoms with Crippen LogP contribution in [0.2, 0.25) is 0 Å². The van der Waals surface area contributed by atoms with Gasteiger partial charge in [0.1, 0.15) is 5.60 Å². The van der Waals surface area contributed by atoms with Crippen molar-refractivity contribution in [3.8, 4) is 0 Å². The highest BCUT2D eigenvalue weighted by molar-refractivity contribution is 5.77. The van der Waals surface area contributed by atoms with E-state index >= 15 is 0 Å². The van der Waals surface area contributed by atoms with Crippen LogP contribution in [0.5, 0.6) is 0 Å². The average molecular weight is 215 g/mol. The zero-order chi connectivity index (χ0) is 12.1. The Bertz CT molecular complexity index is 227. The van der Waals surface area contributed by atoms with E-state index in [-0.39, 0.29) is 6.42 Å². The number of aliphatic carboxylic acids is 1. The summed E-state index contributed by atoms with van der Waals surface area (Å²) in [5.74, 6) is -2.39. The Hall–Kier alpha value is -1.06. The lowest BCUT2D eigenvalue weighted by atomic mass is 10.00. The van der Waals surface area contributed by atoms with Crippen LogP contribution in [-0.4, -0.2) is 17.5 Å². The standard InChI is InChI=1S/C11H20O4/c1-5-6-8(10(13)14)7-9(12)15-11(2,3)4/h8H,5-7H2,1-4H3,(H,13,14)/p-1/t8-/m1/s1. The second kappa shape index (κ2) is 5.73. The highest BCUT2D eigenvalue weighted by Gasteiger charge is 2.20. The molecule has 0 fully saturated rings. The molecular formula is C11H19O4-. The Labute approximate surface area is 90.6 Å². The highest BCUT2D eigenvalue weighted by atomic mass is 16.6. The van der Waals surface area contributed by atoms with Gasteiger partial charge in [-0.05, 0) is 27.2 Å². The molecule has 4 nitrogen and oxygen atoms in total. The van der Waals surface area contributed by atoms with E-state index in [9.17, 15) is 14.7 Å². The zero-order valence-electron chi connectivity index (χ0n) is 9.83. The average Bonchev–Trinajstić information content (AvgIpc) is 1.99. The van der Waals surface area contributed by atoms with Crippen LogP contribution in [0.15, 0.2) is 0 Å². The quantitative estimate of drug-likeness (QED) is 0.639. The Kier molecular flexibility index (Phi) is 5.33. The van der Waals surface area contributed by atoms with Gasteiger partial charge in [0.2, 0.25) is 0 Å². The molecule has 4 heteroatoms. The van der Waals surface area contributed by atoms with E-state index in [1.54, 1.807) is 20.8 Å². The van der Waals surface area contributed by atoms with Crippen LogP contribution in [0.25, 0.3) is 0 Å². The predicted molar refractivity (Wildman–Crippen MR) is 53.9 cm³/mol. The molecule has 0 heterocycles. The molecule has 15 heavy (non-hydrogen) atoms. The van der Waals surface area contributed by atoms with Crippen LogP contribution in [0.3, 0.4) is 0 Å². The third kappa shape index (κ3) is 6.94. The minimum absolute atomic E-state index is 0.104. The van der Waals surface area contributed by atoms with Gasteiger partial charge in [-0.2, -0.15) is 0 Å². The van der Waals surface area contributed by atoms with Crippen molar-refractivity contribution in [1.82, 2.24) is 0 Å². The number of carboxylic acid groups (broad SMARTS) is 1. The van der Waals surface area contributed by atoms with Crippen molar-refractivity contribution in [2.75, 3.05) is 0 Å². The van der Waals surface area contributed by atoms with Gasteiger partial charge in [-0.1, -0.05) is 13.3 Å². The van der Waals surface area contributed by atoms with Crippen LogP contribution >= 0.6 is 0 Å². The molecule has 0 aliphatic carbocycles. The van der Waals surface area contributed by atoms with Crippen molar-refractivity contribution in [1.29, 1.82) is 0 Å². The summed E-state index contributed by atoms with van der Waals surface area (Å²) >= 11 is 0. The van der Waals surface area contributed by atoms with Crippen LogP contribution in [0, 0.1) is 5.92 Å². The summed E-state index contributed by atoms with van der Waals surface area (Å²) in [5.41, 5.74) is -0.570. The summed E-state index contributed by atoms with van der Waals surface area (Å²) in [7, 11) is 0. The third-order valence-electron chi connectivity index (χ3n) is 1.80. The molecule has 88 valence electrons. The Morgan fingerprint density at radius 1 is 1.33 bits per heavy atom. The molecule has 1 atom stereocenters. The molecule has 0 aliphatic heterocycles. The Balaban J connectivity index is 4.18. The molecule has 0 spiro atoms. The zero-order valence-corrected chi connectivity index (χ0v) is 9.83. The summed E-state index contributed by atoms with van der Waals surface area (Å²) in [6.45, 7) is 7.11. The number of hydrogen-bond acceptors (Lipinski definition) is 4. The van der Waals surface area contributed by atoms with Crippen LogP contribution in [0.1, 0.15) is 47.0 Å². The maximum Gasteiger partial charge on any atom is 0.306 e. The summed E-state index contributed by atoms with van der Waals surface area (Å²) in [6.07, 6.45) is 1.05. The van der Waals surface area contributed by atoms with Crippen molar-refractivity contribution in [2.24, 2.45) is 5.92 Å². The van der Waals surface area contributed by atoms with Crippen LogP contribution < -0.4 is 5.11 Å². The first-order valence-corrected chi connectivity index (χ1v) is 5.19. The molecule has 0 aromatic rings.